The topological polar surface area (TPSA) is 61.8 Å². The van der Waals surface area contributed by atoms with Crippen molar-refractivity contribution in [3.05, 3.63) is 41.0 Å². The molecule has 0 N–H and O–H groups in total. The molecule has 2 fully saturated rings. The van der Waals surface area contributed by atoms with Gasteiger partial charge in [0.2, 0.25) is 11.4 Å². The van der Waals surface area contributed by atoms with Crippen LogP contribution in [-0.2, 0) is 19.0 Å². The van der Waals surface area contributed by atoms with E-state index in [1.807, 2.05) is 12.1 Å². The smallest absolute Gasteiger partial charge is 0.310 e. The van der Waals surface area contributed by atoms with Crippen molar-refractivity contribution in [3.8, 4) is 0 Å². The van der Waals surface area contributed by atoms with Gasteiger partial charge < -0.3 is 14.2 Å². The fourth-order valence-electron chi connectivity index (χ4n) is 3.34. The van der Waals surface area contributed by atoms with Gasteiger partial charge in [0.1, 0.15) is 11.9 Å². The number of carbonyl (C=O) groups is 2. The summed E-state index contributed by atoms with van der Waals surface area (Å²) in [7, 11) is 1.55. The van der Waals surface area contributed by atoms with Gasteiger partial charge in [-0.05, 0) is 0 Å². The first kappa shape index (κ1) is 11.7. The van der Waals surface area contributed by atoms with Gasteiger partial charge in [-0.2, -0.15) is 0 Å². The number of esters is 1. The van der Waals surface area contributed by atoms with E-state index >= 15 is 0 Å². The van der Waals surface area contributed by atoms with Crippen LogP contribution in [0.2, 0.25) is 0 Å². The summed E-state index contributed by atoms with van der Waals surface area (Å²) in [5, 5.41) is 0. The minimum absolute atomic E-state index is 0.106. The Kier molecular flexibility index (Phi) is 2.16. The van der Waals surface area contributed by atoms with Crippen molar-refractivity contribution >= 4 is 17.5 Å². The fourth-order valence-corrected chi connectivity index (χ4v) is 3.34. The lowest BCUT2D eigenvalue weighted by Gasteiger charge is -2.32. The molecule has 2 atom stereocenters. The zero-order chi connectivity index (χ0) is 13.9. The Morgan fingerprint density at radius 1 is 1.25 bits per heavy atom. The largest absolute Gasteiger partial charge is 0.496 e. The number of methoxy groups -OCH3 is 1. The van der Waals surface area contributed by atoms with Crippen LogP contribution < -0.4 is 0 Å². The van der Waals surface area contributed by atoms with Crippen molar-refractivity contribution in [2.45, 2.75) is 18.1 Å². The molecule has 102 valence electrons. The summed E-state index contributed by atoms with van der Waals surface area (Å²) >= 11 is 0. The molecule has 3 aliphatic rings. The highest BCUT2D eigenvalue weighted by Crippen LogP contribution is 2.50. The first-order valence-corrected chi connectivity index (χ1v) is 6.43. The van der Waals surface area contributed by atoms with Crippen molar-refractivity contribution < 1.29 is 23.8 Å². The monoisotopic (exact) mass is 272 g/mol. The predicted molar refractivity (Wildman–Crippen MR) is 67.9 cm³/mol. The lowest BCUT2D eigenvalue weighted by atomic mass is 9.76. The maximum absolute atomic E-state index is 12.9. The molecule has 20 heavy (non-hydrogen) atoms. The summed E-state index contributed by atoms with van der Waals surface area (Å²) in [6.45, 7) is 0.251. The molecule has 1 spiro atoms. The van der Waals surface area contributed by atoms with E-state index in [-0.39, 0.29) is 18.8 Å². The SMILES string of the molecule is COC1=C2CO[C@H]3CC(=O)O[C@@]23C(=O)c2ccccc21. The summed E-state index contributed by atoms with van der Waals surface area (Å²) in [6, 6.07) is 7.19. The summed E-state index contributed by atoms with van der Waals surface area (Å²) in [5.41, 5.74) is 0.558. The van der Waals surface area contributed by atoms with Crippen molar-refractivity contribution in [1.82, 2.24) is 0 Å². The molecule has 0 aromatic heterocycles. The Morgan fingerprint density at radius 2 is 2.00 bits per heavy atom. The Balaban J connectivity index is 2.03. The molecule has 1 aromatic carbocycles. The molecular weight excluding hydrogens is 260 g/mol. The zero-order valence-electron chi connectivity index (χ0n) is 10.8. The van der Waals surface area contributed by atoms with E-state index < -0.39 is 17.7 Å². The number of benzene rings is 1. The van der Waals surface area contributed by atoms with Crippen LogP contribution in [0.5, 0.6) is 0 Å². The van der Waals surface area contributed by atoms with Crippen LogP contribution in [0.3, 0.4) is 0 Å². The van der Waals surface area contributed by atoms with Gasteiger partial charge in [-0.25, -0.2) is 0 Å². The minimum Gasteiger partial charge on any atom is -0.496 e. The standard InChI is InChI=1S/C15H12O5/c1-18-13-8-4-2-3-5-9(8)14(17)15-10(13)7-19-11(15)6-12(16)20-15/h2-5,11H,6-7H2,1H3/t11-,15-/m0/s1. The van der Waals surface area contributed by atoms with Gasteiger partial charge in [0.05, 0.1) is 25.7 Å². The predicted octanol–water partition coefficient (Wildman–Crippen LogP) is 1.32. The van der Waals surface area contributed by atoms with E-state index in [0.717, 1.165) is 5.56 Å². The molecule has 5 heteroatoms. The highest BCUT2D eigenvalue weighted by molar-refractivity contribution is 6.14. The van der Waals surface area contributed by atoms with Crippen LogP contribution >= 0.6 is 0 Å². The van der Waals surface area contributed by atoms with E-state index in [4.69, 9.17) is 14.2 Å². The van der Waals surface area contributed by atoms with Crippen LogP contribution in [0, 0.1) is 0 Å². The second-order valence-corrected chi connectivity index (χ2v) is 5.10. The highest BCUT2D eigenvalue weighted by Gasteiger charge is 2.65. The highest BCUT2D eigenvalue weighted by atomic mass is 16.6. The second-order valence-electron chi connectivity index (χ2n) is 5.10. The van der Waals surface area contributed by atoms with Crippen LogP contribution in [-0.4, -0.2) is 37.2 Å². The molecule has 0 amide bonds. The fraction of sp³-hybridized carbons (Fsp3) is 0.333. The number of ketones is 1. The lowest BCUT2D eigenvalue weighted by Crippen LogP contribution is -2.48. The van der Waals surface area contributed by atoms with Gasteiger partial charge in [-0.1, -0.05) is 24.3 Å². The summed E-state index contributed by atoms with van der Waals surface area (Å²) in [4.78, 5) is 24.5. The number of carbonyl (C=O) groups excluding carboxylic acids is 2. The van der Waals surface area contributed by atoms with E-state index in [2.05, 4.69) is 0 Å². The van der Waals surface area contributed by atoms with Gasteiger partial charge in [0.25, 0.3) is 0 Å². The van der Waals surface area contributed by atoms with E-state index in [9.17, 15) is 9.59 Å². The van der Waals surface area contributed by atoms with Gasteiger partial charge >= 0.3 is 5.97 Å². The summed E-state index contributed by atoms with van der Waals surface area (Å²) in [5.74, 6) is -0.0370. The molecule has 2 aliphatic heterocycles. The Bertz CT molecular complexity index is 675. The van der Waals surface area contributed by atoms with Crippen LogP contribution in [0.15, 0.2) is 29.8 Å². The lowest BCUT2D eigenvalue weighted by molar-refractivity contribution is -0.143. The van der Waals surface area contributed by atoms with Crippen molar-refractivity contribution in [1.29, 1.82) is 0 Å². The maximum Gasteiger partial charge on any atom is 0.310 e. The van der Waals surface area contributed by atoms with Crippen molar-refractivity contribution in [2.24, 2.45) is 0 Å². The molecule has 5 nitrogen and oxygen atoms in total. The summed E-state index contributed by atoms with van der Waals surface area (Å²) < 4.78 is 16.5. The van der Waals surface area contributed by atoms with Gasteiger partial charge in [-0.3, -0.25) is 9.59 Å². The Labute approximate surface area is 115 Å². The average Bonchev–Trinajstić information content (AvgIpc) is 2.95. The van der Waals surface area contributed by atoms with Crippen LogP contribution in [0.25, 0.3) is 5.76 Å². The quantitative estimate of drug-likeness (QED) is 0.722. The Morgan fingerprint density at radius 3 is 2.75 bits per heavy atom. The second kappa shape index (κ2) is 3.70. The molecule has 4 rings (SSSR count). The maximum atomic E-state index is 12.9. The van der Waals surface area contributed by atoms with Crippen molar-refractivity contribution in [3.63, 3.8) is 0 Å². The van der Waals surface area contributed by atoms with E-state index in [0.29, 0.717) is 16.9 Å². The Hall–Kier alpha value is -2.14. The van der Waals surface area contributed by atoms with Crippen LogP contribution in [0.1, 0.15) is 22.3 Å². The zero-order valence-corrected chi connectivity index (χ0v) is 10.8. The minimum atomic E-state index is -1.31. The third-order valence-electron chi connectivity index (χ3n) is 4.19. The molecule has 1 aliphatic carbocycles. The normalized spacial score (nSPS) is 30.8. The third kappa shape index (κ3) is 1.16. The molecule has 0 bridgehead atoms. The van der Waals surface area contributed by atoms with Crippen LogP contribution in [0.4, 0.5) is 0 Å². The molecule has 0 saturated carbocycles. The van der Waals surface area contributed by atoms with Gasteiger partial charge in [0.15, 0.2) is 0 Å². The molecule has 2 saturated heterocycles. The molecular formula is C15H12O5. The average molecular weight is 272 g/mol. The first-order valence-electron chi connectivity index (χ1n) is 6.43. The number of rotatable bonds is 1. The van der Waals surface area contributed by atoms with E-state index in [1.54, 1.807) is 19.2 Å². The number of ether oxygens (including phenoxy) is 3. The number of hydrogen-bond acceptors (Lipinski definition) is 5. The molecule has 2 heterocycles. The molecule has 0 radical (unpaired) electrons. The van der Waals surface area contributed by atoms with E-state index in [1.165, 1.54) is 0 Å². The number of fused-ring (bicyclic) bond motifs is 1. The number of Topliss-reactive ketones (excluding diaryl/α,β-unsaturated/α-hetero) is 1. The first-order chi connectivity index (χ1) is 9.68. The molecule has 1 aromatic rings. The van der Waals surface area contributed by atoms with Crippen molar-refractivity contribution in [2.75, 3.05) is 13.7 Å². The third-order valence-corrected chi connectivity index (χ3v) is 4.19. The number of hydrogen-bond donors (Lipinski definition) is 0. The van der Waals surface area contributed by atoms with Gasteiger partial charge in [-0.15, -0.1) is 0 Å². The molecule has 0 unspecified atom stereocenters. The van der Waals surface area contributed by atoms with Gasteiger partial charge in [0, 0.05) is 11.1 Å². The summed E-state index contributed by atoms with van der Waals surface area (Å²) in [6.07, 6.45) is -0.440.